The lowest BCUT2D eigenvalue weighted by Gasteiger charge is -2.32. The van der Waals surface area contributed by atoms with Gasteiger partial charge in [0.2, 0.25) is 0 Å². The smallest absolute Gasteiger partial charge is 0.316 e. The normalized spacial score (nSPS) is 17.8. The van der Waals surface area contributed by atoms with Crippen LogP contribution in [0.2, 0.25) is 5.02 Å². The lowest BCUT2D eigenvalue weighted by Crippen LogP contribution is -2.44. The molecule has 1 aromatic heterocycles. The van der Waals surface area contributed by atoms with Crippen LogP contribution >= 0.6 is 11.6 Å². The molecule has 5 nitrogen and oxygen atoms in total. The number of halogens is 2. The number of ether oxygens (including phenoxy) is 1. The largest absolute Gasteiger partial charge is 0.458 e. The highest BCUT2D eigenvalue weighted by molar-refractivity contribution is 6.30. The number of hydrogen-bond acceptors (Lipinski definition) is 4. The average molecular weight is 336 g/mol. The van der Waals surface area contributed by atoms with Crippen LogP contribution in [0.4, 0.5) is 4.39 Å². The van der Waals surface area contributed by atoms with E-state index in [9.17, 15) is 9.18 Å². The fourth-order valence-electron chi connectivity index (χ4n) is 2.53. The molecule has 1 aromatic carbocycles. The fourth-order valence-corrected chi connectivity index (χ4v) is 2.72. The number of amides is 1. The Labute approximate surface area is 138 Å². The number of hydrogen-bond donors (Lipinski definition) is 0. The first-order chi connectivity index (χ1) is 11.1. The maximum atomic E-state index is 12.8. The van der Waals surface area contributed by atoms with Gasteiger partial charge in [-0.15, -0.1) is 0 Å². The summed E-state index contributed by atoms with van der Waals surface area (Å²) in [5, 5.41) is 0.528. The van der Waals surface area contributed by atoms with Crippen LogP contribution in [0.3, 0.4) is 0 Å². The van der Waals surface area contributed by atoms with Crippen molar-refractivity contribution in [1.29, 1.82) is 0 Å². The SMILES string of the molecule is O=C(c1cccc(Cl)c1)N1CCC[C@H](Oc2ncc(F)cn2)C1. The standard InChI is InChI=1S/C16H15ClFN3O2/c17-12-4-1-3-11(7-12)15(22)21-6-2-5-14(10-21)23-16-19-8-13(18)9-20-16/h1,3-4,7-9,14H,2,5-6,10H2/t14-/m0/s1. The van der Waals surface area contributed by atoms with Crippen molar-refractivity contribution in [2.45, 2.75) is 18.9 Å². The van der Waals surface area contributed by atoms with E-state index in [1.54, 1.807) is 29.2 Å². The van der Waals surface area contributed by atoms with E-state index in [-0.39, 0.29) is 18.0 Å². The Kier molecular flexibility index (Phi) is 4.71. The molecule has 3 rings (SSSR count). The van der Waals surface area contributed by atoms with Crippen LogP contribution in [0.25, 0.3) is 0 Å². The van der Waals surface area contributed by atoms with E-state index in [0.717, 1.165) is 25.2 Å². The molecule has 0 spiro atoms. The number of rotatable bonds is 3. The van der Waals surface area contributed by atoms with Crippen molar-refractivity contribution >= 4 is 17.5 Å². The molecular weight excluding hydrogens is 321 g/mol. The molecule has 1 atom stereocenters. The molecule has 23 heavy (non-hydrogen) atoms. The molecule has 0 radical (unpaired) electrons. The summed E-state index contributed by atoms with van der Waals surface area (Å²) in [5.74, 6) is -0.598. The number of nitrogens with zero attached hydrogens (tertiary/aromatic N) is 3. The van der Waals surface area contributed by atoms with Crippen LogP contribution in [-0.4, -0.2) is 40.0 Å². The van der Waals surface area contributed by atoms with Crippen molar-refractivity contribution in [2.75, 3.05) is 13.1 Å². The molecule has 120 valence electrons. The second-order valence-electron chi connectivity index (χ2n) is 5.33. The van der Waals surface area contributed by atoms with E-state index < -0.39 is 5.82 Å². The summed E-state index contributed by atoms with van der Waals surface area (Å²) >= 11 is 5.93. The molecule has 2 heterocycles. The predicted molar refractivity (Wildman–Crippen MR) is 83.0 cm³/mol. The minimum Gasteiger partial charge on any atom is -0.458 e. The third kappa shape index (κ3) is 3.96. The summed E-state index contributed by atoms with van der Waals surface area (Å²) in [6.45, 7) is 1.10. The van der Waals surface area contributed by atoms with E-state index in [4.69, 9.17) is 16.3 Å². The van der Waals surface area contributed by atoms with E-state index in [0.29, 0.717) is 23.7 Å². The Hall–Kier alpha value is -2.21. The van der Waals surface area contributed by atoms with Gasteiger partial charge in [-0.3, -0.25) is 4.79 Å². The Morgan fingerprint density at radius 3 is 2.87 bits per heavy atom. The number of carbonyl (C=O) groups excluding carboxylic acids is 1. The van der Waals surface area contributed by atoms with E-state index in [2.05, 4.69) is 9.97 Å². The summed E-state index contributed by atoms with van der Waals surface area (Å²) in [6, 6.07) is 6.99. The topological polar surface area (TPSA) is 55.3 Å². The first-order valence-corrected chi connectivity index (χ1v) is 7.68. The van der Waals surface area contributed by atoms with Crippen molar-refractivity contribution in [1.82, 2.24) is 14.9 Å². The Balaban J connectivity index is 1.66. The summed E-state index contributed by atoms with van der Waals surface area (Å²) < 4.78 is 18.5. The van der Waals surface area contributed by atoms with Gasteiger partial charge in [-0.2, -0.15) is 0 Å². The van der Waals surface area contributed by atoms with Crippen molar-refractivity contribution in [2.24, 2.45) is 0 Å². The van der Waals surface area contributed by atoms with E-state index in [1.165, 1.54) is 0 Å². The van der Waals surface area contributed by atoms with Gasteiger partial charge in [0.25, 0.3) is 5.91 Å². The highest BCUT2D eigenvalue weighted by atomic mass is 35.5. The van der Waals surface area contributed by atoms with Crippen LogP contribution in [-0.2, 0) is 0 Å². The van der Waals surface area contributed by atoms with Gasteiger partial charge in [0, 0.05) is 17.1 Å². The van der Waals surface area contributed by atoms with Crippen molar-refractivity contribution in [3.8, 4) is 6.01 Å². The Morgan fingerprint density at radius 1 is 1.35 bits per heavy atom. The third-order valence-corrected chi connectivity index (χ3v) is 3.84. The quantitative estimate of drug-likeness (QED) is 0.865. The maximum Gasteiger partial charge on any atom is 0.316 e. The highest BCUT2D eigenvalue weighted by Gasteiger charge is 2.26. The van der Waals surface area contributed by atoms with Gasteiger partial charge in [-0.25, -0.2) is 14.4 Å². The summed E-state index contributed by atoms with van der Waals surface area (Å²) in [7, 11) is 0. The summed E-state index contributed by atoms with van der Waals surface area (Å²) in [5.41, 5.74) is 0.552. The molecule has 0 unspecified atom stereocenters. The van der Waals surface area contributed by atoms with Gasteiger partial charge in [0.1, 0.15) is 6.10 Å². The van der Waals surface area contributed by atoms with Crippen LogP contribution in [0.15, 0.2) is 36.7 Å². The van der Waals surface area contributed by atoms with E-state index >= 15 is 0 Å². The van der Waals surface area contributed by atoms with Crippen LogP contribution in [0.5, 0.6) is 6.01 Å². The first-order valence-electron chi connectivity index (χ1n) is 7.31. The van der Waals surface area contributed by atoms with Gasteiger partial charge in [0.15, 0.2) is 5.82 Å². The zero-order chi connectivity index (χ0) is 16.2. The second-order valence-corrected chi connectivity index (χ2v) is 5.76. The molecule has 0 N–H and O–H groups in total. The van der Waals surface area contributed by atoms with Gasteiger partial charge >= 0.3 is 6.01 Å². The van der Waals surface area contributed by atoms with Gasteiger partial charge in [0.05, 0.1) is 18.9 Å². The van der Waals surface area contributed by atoms with Crippen molar-refractivity contribution < 1.29 is 13.9 Å². The molecule has 1 amide bonds. The molecule has 0 bridgehead atoms. The third-order valence-electron chi connectivity index (χ3n) is 3.61. The maximum absolute atomic E-state index is 12.8. The minimum absolute atomic E-state index is 0.0826. The monoisotopic (exact) mass is 335 g/mol. The summed E-state index contributed by atoms with van der Waals surface area (Å²) in [6.07, 6.45) is 3.51. The van der Waals surface area contributed by atoms with Crippen LogP contribution < -0.4 is 4.74 Å². The summed E-state index contributed by atoms with van der Waals surface area (Å²) in [4.78, 5) is 21.8. The van der Waals surface area contributed by atoms with E-state index in [1.807, 2.05) is 0 Å². The van der Waals surface area contributed by atoms with Crippen LogP contribution in [0, 0.1) is 5.82 Å². The van der Waals surface area contributed by atoms with Gasteiger partial charge < -0.3 is 9.64 Å². The molecular formula is C16H15ClFN3O2. The number of piperidine rings is 1. The number of carbonyl (C=O) groups is 1. The molecule has 1 fully saturated rings. The minimum atomic E-state index is -0.515. The fraction of sp³-hybridized carbons (Fsp3) is 0.312. The molecule has 1 aliphatic rings. The lowest BCUT2D eigenvalue weighted by atomic mass is 10.1. The number of aromatic nitrogens is 2. The zero-order valence-corrected chi connectivity index (χ0v) is 13.0. The second kappa shape index (κ2) is 6.91. The molecule has 1 aliphatic heterocycles. The lowest BCUT2D eigenvalue weighted by molar-refractivity contribution is 0.0515. The Morgan fingerprint density at radius 2 is 2.13 bits per heavy atom. The zero-order valence-electron chi connectivity index (χ0n) is 12.3. The highest BCUT2D eigenvalue weighted by Crippen LogP contribution is 2.19. The predicted octanol–water partition coefficient (Wildman–Crippen LogP) is 2.95. The molecule has 7 heteroatoms. The molecule has 1 saturated heterocycles. The van der Waals surface area contributed by atoms with Gasteiger partial charge in [-0.05, 0) is 31.0 Å². The average Bonchev–Trinajstić information content (AvgIpc) is 2.56. The molecule has 2 aromatic rings. The first kappa shape index (κ1) is 15.7. The number of benzene rings is 1. The Bertz CT molecular complexity index is 696. The van der Waals surface area contributed by atoms with Gasteiger partial charge in [-0.1, -0.05) is 17.7 Å². The molecule has 0 saturated carbocycles. The number of likely N-dealkylation sites (tertiary alicyclic amines) is 1. The van der Waals surface area contributed by atoms with Crippen molar-refractivity contribution in [3.05, 3.63) is 53.1 Å². The molecule has 0 aliphatic carbocycles. The van der Waals surface area contributed by atoms with Crippen molar-refractivity contribution in [3.63, 3.8) is 0 Å². The van der Waals surface area contributed by atoms with Crippen LogP contribution in [0.1, 0.15) is 23.2 Å².